The van der Waals surface area contributed by atoms with Crippen molar-refractivity contribution in [2.24, 2.45) is 5.92 Å². The predicted molar refractivity (Wildman–Crippen MR) is 85.0 cm³/mol. The highest BCUT2D eigenvalue weighted by atomic mass is 16.5. The molecule has 0 bridgehead atoms. The van der Waals surface area contributed by atoms with Crippen molar-refractivity contribution in [2.75, 3.05) is 13.2 Å². The van der Waals surface area contributed by atoms with Gasteiger partial charge in [0, 0.05) is 24.7 Å². The van der Waals surface area contributed by atoms with Crippen molar-refractivity contribution in [2.45, 2.75) is 43.9 Å². The van der Waals surface area contributed by atoms with E-state index in [0.717, 1.165) is 25.7 Å². The van der Waals surface area contributed by atoms with E-state index in [-0.39, 0.29) is 30.1 Å². The normalized spacial score (nSPS) is 30.4. The molecule has 0 unspecified atom stereocenters. The van der Waals surface area contributed by atoms with Gasteiger partial charge in [0.1, 0.15) is 12.2 Å². The minimum Gasteiger partial charge on any atom is -0.471 e. The smallest absolute Gasteiger partial charge is 0.226 e. The fourth-order valence-corrected chi connectivity index (χ4v) is 3.94. The second-order valence-corrected chi connectivity index (χ2v) is 6.48. The van der Waals surface area contributed by atoms with Crippen LogP contribution < -0.4 is 4.74 Å². The van der Waals surface area contributed by atoms with Crippen LogP contribution >= 0.6 is 0 Å². The van der Waals surface area contributed by atoms with Crippen molar-refractivity contribution in [3.05, 3.63) is 36.5 Å². The van der Waals surface area contributed by atoms with Crippen LogP contribution in [-0.2, 0) is 9.53 Å². The number of carbonyl (C=O) groups is 1. The Hall–Kier alpha value is -1.88. The van der Waals surface area contributed by atoms with Crippen LogP contribution in [0.25, 0.3) is 0 Å². The summed E-state index contributed by atoms with van der Waals surface area (Å²) in [5, 5.41) is 0. The van der Waals surface area contributed by atoms with Crippen molar-refractivity contribution >= 4 is 5.91 Å². The monoisotopic (exact) mass is 314 g/mol. The molecule has 122 valence electrons. The van der Waals surface area contributed by atoms with E-state index in [1.807, 2.05) is 23.1 Å². The minimum absolute atomic E-state index is 0.0211. The van der Waals surface area contributed by atoms with Gasteiger partial charge >= 0.3 is 0 Å². The number of carbonyl (C=O) groups excluding carboxylic acids is 1. The highest BCUT2D eigenvalue weighted by molar-refractivity contribution is 5.80. The second kappa shape index (κ2) is 6.32. The van der Waals surface area contributed by atoms with Crippen molar-refractivity contribution < 1.29 is 14.3 Å². The van der Waals surface area contributed by atoms with E-state index in [1.54, 1.807) is 6.20 Å². The van der Waals surface area contributed by atoms with Crippen molar-refractivity contribution in [3.63, 3.8) is 0 Å². The third kappa shape index (κ3) is 2.85. The Morgan fingerprint density at radius 2 is 2.13 bits per heavy atom. The largest absolute Gasteiger partial charge is 0.471 e. The molecule has 4 rings (SSSR count). The molecule has 3 atom stereocenters. The third-order valence-corrected chi connectivity index (χ3v) is 5.09. The van der Waals surface area contributed by atoms with E-state index >= 15 is 0 Å². The molecule has 2 fully saturated rings. The average molecular weight is 314 g/mol. The van der Waals surface area contributed by atoms with Gasteiger partial charge in [0.25, 0.3) is 0 Å². The predicted octanol–water partition coefficient (Wildman–Crippen LogP) is 2.18. The lowest BCUT2D eigenvalue weighted by Gasteiger charge is -2.40. The van der Waals surface area contributed by atoms with Gasteiger partial charge in [-0.15, -0.1) is 0 Å². The van der Waals surface area contributed by atoms with Crippen LogP contribution in [0.2, 0.25) is 0 Å². The lowest BCUT2D eigenvalue weighted by atomic mass is 10.0. The van der Waals surface area contributed by atoms with Crippen LogP contribution in [-0.4, -0.2) is 47.2 Å². The Morgan fingerprint density at radius 3 is 2.91 bits per heavy atom. The van der Waals surface area contributed by atoms with Gasteiger partial charge in [-0.3, -0.25) is 4.79 Å². The number of hydrogen-bond donors (Lipinski definition) is 0. The summed E-state index contributed by atoms with van der Waals surface area (Å²) in [5.41, 5.74) is 0. The molecule has 0 radical (unpaired) electrons. The summed E-state index contributed by atoms with van der Waals surface area (Å²) in [6.45, 7) is 1.29. The fraction of sp³-hybridized carbons (Fsp3) is 0.556. The quantitative estimate of drug-likeness (QED) is 0.803. The first-order valence-electron chi connectivity index (χ1n) is 8.48. The summed E-state index contributed by atoms with van der Waals surface area (Å²) in [6.07, 6.45) is 9.49. The molecule has 1 aromatic rings. The summed E-state index contributed by atoms with van der Waals surface area (Å²) < 4.78 is 12.0. The molecule has 1 saturated heterocycles. The summed E-state index contributed by atoms with van der Waals surface area (Å²) >= 11 is 0. The maximum atomic E-state index is 12.8. The molecule has 0 spiro atoms. The summed E-state index contributed by atoms with van der Waals surface area (Å²) in [6, 6.07) is 5.80. The van der Waals surface area contributed by atoms with Crippen molar-refractivity contribution in [1.82, 2.24) is 9.88 Å². The molecule has 1 saturated carbocycles. The van der Waals surface area contributed by atoms with Crippen LogP contribution in [0.4, 0.5) is 0 Å². The van der Waals surface area contributed by atoms with Crippen molar-refractivity contribution in [3.8, 4) is 5.88 Å². The van der Waals surface area contributed by atoms with Gasteiger partial charge in [-0.1, -0.05) is 18.2 Å². The lowest BCUT2D eigenvalue weighted by molar-refractivity contribution is -0.151. The molecular weight excluding hydrogens is 292 g/mol. The number of allylic oxidation sites excluding steroid dienone is 2. The van der Waals surface area contributed by atoms with E-state index in [2.05, 4.69) is 17.1 Å². The molecule has 0 aromatic carbocycles. The Bertz CT molecular complexity index is 581. The van der Waals surface area contributed by atoms with E-state index < -0.39 is 0 Å². The minimum atomic E-state index is -0.0379. The van der Waals surface area contributed by atoms with Crippen LogP contribution in [0.1, 0.15) is 25.7 Å². The van der Waals surface area contributed by atoms with Gasteiger partial charge in [0.2, 0.25) is 11.8 Å². The molecule has 1 aliphatic heterocycles. The molecule has 23 heavy (non-hydrogen) atoms. The molecule has 1 amide bonds. The third-order valence-electron chi connectivity index (χ3n) is 5.09. The number of pyridine rings is 1. The van der Waals surface area contributed by atoms with E-state index in [4.69, 9.17) is 9.47 Å². The van der Waals surface area contributed by atoms with Crippen molar-refractivity contribution in [1.29, 1.82) is 0 Å². The Morgan fingerprint density at radius 1 is 1.26 bits per heavy atom. The molecule has 1 aromatic heterocycles. The lowest BCUT2D eigenvalue weighted by Crippen LogP contribution is -2.55. The highest BCUT2D eigenvalue weighted by Gasteiger charge is 2.46. The standard InChI is InChI=1S/C18H22N2O3/c21-18(13-5-1-2-6-13)20-11-12-22-17-14(20)8-9-15(17)23-16-7-3-4-10-19-16/h1-4,7,10,13-15,17H,5-6,8-9,11-12H2/t14-,15+,17+/m0/s1. The van der Waals surface area contributed by atoms with Crippen LogP contribution in [0.3, 0.4) is 0 Å². The van der Waals surface area contributed by atoms with Crippen LogP contribution in [0.15, 0.2) is 36.5 Å². The SMILES string of the molecule is O=C(C1CC=CC1)N1CCO[C@H]2[C@H](Oc3ccccn3)CC[C@@H]21. The zero-order chi connectivity index (χ0) is 15.6. The number of ether oxygens (including phenoxy) is 2. The molecule has 0 N–H and O–H groups in total. The van der Waals surface area contributed by atoms with E-state index in [1.165, 1.54) is 0 Å². The zero-order valence-electron chi connectivity index (χ0n) is 13.1. The van der Waals surface area contributed by atoms with Gasteiger partial charge in [0.05, 0.1) is 12.6 Å². The van der Waals surface area contributed by atoms with Crippen LogP contribution in [0, 0.1) is 5.92 Å². The molecule has 5 heteroatoms. The Labute approximate surface area is 136 Å². The number of aromatic nitrogens is 1. The number of rotatable bonds is 3. The first-order valence-corrected chi connectivity index (χ1v) is 8.48. The molecule has 5 nitrogen and oxygen atoms in total. The number of fused-ring (bicyclic) bond motifs is 1. The number of hydrogen-bond acceptors (Lipinski definition) is 4. The van der Waals surface area contributed by atoms with E-state index in [9.17, 15) is 4.79 Å². The first-order chi connectivity index (χ1) is 11.3. The van der Waals surface area contributed by atoms with Crippen LogP contribution in [0.5, 0.6) is 5.88 Å². The maximum absolute atomic E-state index is 12.8. The van der Waals surface area contributed by atoms with E-state index in [0.29, 0.717) is 19.0 Å². The van der Waals surface area contributed by atoms with Gasteiger partial charge in [-0.25, -0.2) is 4.98 Å². The summed E-state index contributed by atoms with van der Waals surface area (Å²) in [4.78, 5) is 19.1. The number of amides is 1. The molecule has 3 aliphatic rings. The second-order valence-electron chi connectivity index (χ2n) is 6.48. The Kier molecular flexibility index (Phi) is 4.04. The number of nitrogens with zero attached hydrogens (tertiary/aromatic N) is 2. The number of morpholine rings is 1. The molecular formula is C18H22N2O3. The fourth-order valence-electron chi connectivity index (χ4n) is 3.94. The maximum Gasteiger partial charge on any atom is 0.226 e. The zero-order valence-corrected chi connectivity index (χ0v) is 13.1. The van der Waals surface area contributed by atoms with Gasteiger partial charge in [0.15, 0.2) is 0 Å². The average Bonchev–Trinajstić information content (AvgIpc) is 3.25. The van der Waals surface area contributed by atoms with Gasteiger partial charge < -0.3 is 14.4 Å². The van der Waals surface area contributed by atoms with Gasteiger partial charge in [-0.05, 0) is 31.7 Å². The Balaban J connectivity index is 1.45. The highest BCUT2D eigenvalue weighted by Crippen LogP contribution is 2.34. The molecule has 2 heterocycles. The summed E-state index contributed by atoms with van der Waals surface area (Å²) in [5.74, 6) is 1.04. The molecule has 2 aliphatic carbocycles. The van der Waals surface area contributed by atoms with Gasteiger partial charge in [-0.2, -0.15) is 0 Å². The first kappa shape index (κ1) is 14.7. The topological polar surface area (TPSA) is 51.7 Å². The summed E-state index contributed by atoms with van der Waals surface area (Å²) in [7, 11) is 0.